The van der Waals surface area contributed by atoms with Crippen molar-refractivity contribution in [2.45, 2.75) is 114 Å². The maximum Gasteiger partial charge on any atom is 0.336 e. The lowest BCUT2D eigenvalue weighted by Crippen LogP contribution is -2.67. The summed E-state index contributed by atoms with van der Waals surface area (Å²) in [6.45, 7) is 5.65. The van der Waals surface area contributed by atoms with E-state index in [1.807, 2.05) is 44.2 Å². The summed E-state index contributed by atoms with van der Waals surface area (Å²) < 4.78 is 17.9. The molecule has 6 rings (SSSR count). The maximum atomic E-state index is 13.4. The minimum atomic E-state index is -1.99. The van der Waals surface area contributed by atoms with Crippen molar-refractivity contribution >= 4 is 23.7 Å². The highest BCUT2D eigenvalue weighted by molar-refractivity contribution is 5.95. The van der Waals surface area contributed by atoms with E-state index in [2.05, 4.69) is 16.0 Å². The number of allylic oxidation sites excluding steroid dienone is 1. The van der Waals surface area contributed by atoms with Gasteiger partial charge in [-0.1, -0.05) is 36.4 Å². The zero-order valence-corrected chi connectivity index (χ0v) is 31.1. The van der Waals surface area contributed by atoms with Gasteiger partial charge < -0.3 is 50.6 Å². The molecule has 3 amide bonds. The molecule has 8 atom stereocenters. The van der Waals surface area contributed by atoms with Crippen LogP contribution in [0.3, 0.4) is 0 Å². The highest BCUT2D eigenvalue weighted by Crippen LogP contribution is 2.36. The number of aliphatic carboxylic acids is 1. The third-order valence-electron chi connectivity index (χ3n) is 10.4. The Morgan fingerprint density at radius 3 is 2.41 bits per heavy atom. The molecule has 4 aliphatic rings. The van der Waals surface area contributed by atoms with Crippen molar-refractivity contribution in [1.82, 2.24) is 16.0 Å². The van der Waals surface area contributed by atoms with Gasteiger partial charge in [-0.3, -0.25) is 14.4 Å². The van der Waals surface area contributed by atoms with E-state index in [9.17, 15) is 39.6 Å². The number of ether oxygens (including phenoxy) is 3. The van der Waals surface area contributed by atoms with Gasteiger partial charge in [-0.2, -0.15) is 0 Å². The Hall–Kier alpha value is -4.34. The first-order chi connectivity index (χ1) is 25.8. The van der Waals surface area contributed by atoms with Crippen molar-refractivity contribution < 1.29 is 53.8 Å². The predicted octanol–water partition coefficient (Wildman–Crippen LogP) is 2.53. The molecule has 6 bridgehead atoms. The number of carboxylic acids is 1. The Kier molecular flexibility index (Phi) is 13.9. The van der Waals surface area contributed by atoms with Crippen LogP contribution in [0, 0.1) is 19.8 Å². The Morgan fingerprint density at radius 2 is 1.72 bits per heavy atom. The molecular weight excluding hydrogens is 698 g/mol. The second-order valence-electron chi connectivity index (χ2n) is 14.7. The molecule has 14 nitrogen and oxygen atoms in total. The van der Waals surface area contributed by atoms with Gasteiger partial charge >= 0.3 is 5.97 Å². The van der Waals surface area contributed by atoms with Crippen LogP contribution in [-0.2, 0) is 30.5 Å². The fraction of sp³-hybridized carbons (Fsp3) is 0.550. The summed E-state index contributed by atoms with van der Waals surface area (Å²) in [7, 11) is 0. The molecule has 7 N–H and O–H groups in total. The molecule has 4 aliphatic heterocycles. The van der Waals surface area contributed by atoms with Gasteiger partial charge in [0.05, 0.1) is 36.8 Å². The van der Waals surface area contributed by atoms with Gasteiger partial charge in [0.25, 0.3) is 5.91 Å². The number of aliphatic hydroxyl groups is 3. The van der Waals surface area contributed by atoms with E-state index in [1.54, 1.807) is 18.2 Å². The number of nitrogens with one attached hydrogen (secondary N) is 3. The van der Waals surface area contributed by atoms with Gasteiger partial charge in [0, 0.05) is 38.5 Å². The summed E-state index contributed by atoms with van der Waals surface area (Å²) in [5.41, 5.74) is 1.50. The summed E-state index contributed by atoms with van der Waals surface area (Å²) in [4.78, 5) is 51.4. The normalized spacial score (nSPS) is 30.5. The lowest BCUT2D eigenvalue weighted by Gasteiger charge is -2.47. The van der Waals surface area contributed by atoms with Gasteiger partial charge in [-0.25, -0.2) is 4.79 Å². The molecule has 0 aromatic heterocycles. The lowest BCUT2D eigenvalue weighted by atomic mass is 9.81. The van der Waals surface area contributed by atoms with Crippen molar-refractivity contribution in [1.29, 1.82) is 0 Å². The molecule has 0 saturated carbocycles. The zero-order valence-electron chi connectivity index (χ0n) is 31.1. The monoisotopic (exact) mass is 751 g/mol. The van der Waals surface area contributed by atoms with E-state index in [-0.39, 0.29) is 36.5 Å². The van der Waals surface area contributed by atoms with E-state index >= 15 is 0 Å². The van der Waals surface area contributed by atoms with E-state index in [0.29, 0.717) is 49.4 Å². The molecule has 0 spiro atoms. The zero-order chi connectivity index (χ0) is 39.0. The molecular formula is C40H53N3O11. The number of rotatable bonds is 4. The second-order valence-corrected chi connectivity index (χ2v) is 14.7. The van der Waals surface area contributed by atoms with Crippen molar-refractivity contribution in [2.75, 3.05) is 19.8 Å². The first-order valence-corrected chi connectivity index (χ1v) is 18.6. The van der Waals surface area contributed by atoms with Crippen molar-refractivity contribution in [2.24, 2.45) is 5.92 Å². The number of carboxylic acid groups (broad SMARTS) is 1. The topological polar surface area (TPSA) is 213 Å². The largest absolute Gasteiger partial charge is 0.488 e. The highest BCUT2D eigenvalue weighted by Gasteiger charge is 2.54. The summed E-state index contributed by atoms with van der Waals surface area (Å²) in [5.74, 6) is -2.19. The van der Waals surface area contributed by atoms with Crippen molar-refractivity contribution in [3.63, 3.8) is 0 Å². The van der Waals surface area contributed by atoms with Crippen LogP contribution in [-0.4, -0.2) is 99.9 Å². The van der Waals surface area contributed by atoms with Gasteiger partial charge in [0.2, 0.25) is 11.8 Å². The number of hydrogen-bond donors (Lipinski definition) is 7. The molecule has 54 heavy (non-hydrogen) atoms. The molecule has 2 aromatic rings. The van der Waals surface area contributed by atoms with Crippen LogP contribution in [0.5, 0.6) is 5.75 Å². The smallest absolute Gasteiger partial charge is 0.336 e. The van der Waals surface area contributed by atoms with Crippen LogP contribution in [0.1, 0.15) is 90.5 Å². The molecule has 2 unspecified atom stereocenters. The summed E-state index contributed by atoms with van der Waals surface area (Å²) in [6.07, 6.45) is -0.279. The van der Waals surface area contributed by atoms with Crippen LogP contribution >= 0.6 is 0 Å². The van der Waals surface area contributed by atoms with Crippen LogP contribution < -0.4 is 20.7 Å². The number of benzene rings is 2. The summed E-state index contributed by atoms with van der Waals surface area (Å²) in [5, 5.41) is 52.2. The molecule has 0 aliphatic carbocycles. The number of carbonyl (C=O) groups is 4. The first kappa shape index (κ1) is 40.8. The Balaban J connectivity index is 1.45. The number of hydrogen-bond acceptors (Lipinski definition) is 10. The fourth-order valence-electron chi connectivity index (χ4n) is 7.51. The van der Waals surface area contributed by atoms with Gasteiger partial charge in [-0.05, 0) is 80.3 Å². The van der Waals surface area contributed by atoms with Crippen LogP contribution in [0.15, 0.2) is 48.6 Å². The van der Waals surface area contributed by atoms with Crippen molar-refractivity contribution in [3.8, 4) is 5.75 Å². The summed E-state index contributed by atoms with van der Waals surface area (Å²) >= 11 is 0. The van der Waals surface area contributed by atoms with Gasteiger partial charge in [-0.15, -0.1) is 0 Å². The van der Waals surface area contributed by atoms with E-state index in [1.165, 1.54) is 6.92 Å². The molecule has 294 valence electrons. The van der Waals surface area contributed by atoms with Crippen molar-refractivity contribution in [3.05, 3.63) is 76.4 Å². The van der Waals surface area contributed by atoms with Crippen LogP contribution in [0.4, 0.5) is 0 Å². The molecule has 0 radical (unpaired) electrons. The first-order valence-electron chi connectivity index (χ1n) is 18.6. The molecule has 2 aromatic carbocycles. The number of aliphatic hydroxyl groups excluding tert-OH is 3. The Labute approximate surface area is 315 Å². The second kappa shape index (κ2) is 18.3. The third-order valence-corrected chi connectivity index (χ3v) is 10.4. The number of fused-ring (bicyclic) bond motifs is 12. The highest BCUT2D eigenvalue weighted by atomic mass is 16.6. The average Bonchev–Trinajstić information content (AvgIpc) is 3.14. The SMILES string of the molecule is CC(=O)NC1[C@H]2OC(C(=O)O)(C/C=C/CCC[C@@H](NC(=O)[C@H]3CCCOC3)c3cccc(c3)COc3c(C)cc(cc3C)C(=O)NC[C@@H](O)[C@H]2O)C[C@@H]1O. The Morgan fingerprint density at radius 1 is 0.963 bits per heavy atom. The fourth-order valence-corrected chi connectivity index (χ4v) is 7.51. The molecule has 2 fully saturated rings. The minimum absolute atomic E-state index is 0.0729. The Bertz CT molecular complexity index is 1670. The number of aryl methyl sites for hydroxylation is 2. The number of amides is 3. The lowest BCUT2D eigenvalue weighted by molar-refractivity contribution is -0.226. The maximum absolute atomic E-state index is 13.4. The van der Waals surface area contributed by atoms with E-state index < -0.39 is 66.8 Å². The molecule has 2 saturated heterocycles. The quantitative estimate of drug-likeness (QED) is 0.226. The number of carbonyl (C=O) groups excluding carboxylic acids is 3. The van der Waals surface area contributed by atoms with E-state index in [0.717, 1.165) is 24.0 Å². The van der Waals surface area contributed by atoms with E-state index in [4.69, 9.17) is 14.2 Å². The summed E-state index contributed by atoms with van der Waals surface area (Å²) in [6, 6.07) is 9.58. The van der Waals surface area contributed by atoms with Crippen LogP contribution in [0.25, 0.3) is 0 Å². The van der Waals surface area contributed by atoms with Gasteiger partial charge in [0.15, 0.2) is 5.60 Å². The van der Waals surface area contributed by atoms with Crippen LogP contribution in [0.2, 0.25) is 0 Å². The molecule has 4 heterocycles. The van der Waals surface area contributed by atoms with Gasteiger partial charge in [0.1, 0.15) is 24.6 Å². The average molecular weight is 752 g/mol. The standard InChI is InChI=1S/C40H53N3O11/c1-23-16-29-17-24(2)35(23)53-21-26-10-8-11-27(18-26)30(43-38(49)28-12-9-15-52-22-28)13-6-4-5-7-14-40(39(50)51)19-31(45)33(42-25(3)44)36(54-40)34(47)32(46)20-41-37(29)48/h5,7-8,10-11,16-18,28,30-34,36,45-47H,4,6,9,12-15,19-22H2,1-3H3,(H,41,48)(H,42,44)(H,43,49)(H,50,51)/b7-5+/t28-,30+,31-,32+,33?,34+,36+,40?/m0/s1. The predicted molar refractivity (Wildman–Crippen MR) is 197 cm³/mol. The third kappa shape index (κ3) is 10.0. The minimum Gasteiger partial charge on any atom is -0.488 e. The molecule has 14 heteroatoms.